The first-order valence-corrected chi connectivity index (χ1v) is 7.81. The van der Waals surface area contributed by atoms with Crippen LogP contribution in [0.3, 0.4) is 0 Å². The van der Waals surface area contributed by atoms with Gasteiger partial charge in [-0.2, -0.15) is 0 Å². The molecule has 110 valence electrons. The highest BCUT2D eigenvalue weighted by Gasteiger charge is 2.34. The third-order valence-electron chi connectivity index (χ3n) is 3.36. The topological polar surface area (TPSA) is 64.6 Å². The highest BCUT2D eigenvalue weighted by atomic mass is 127. The molecule has 0 aromatic heterocycles. The quantitative estimate of drug-likeness (QED) is 0.445. The molecule has 1 aliphatic rings. The maximum Gasteiger partial charge on any atom is 0.344 e. The number of hydrogen-bond acceptors (Lipinski definition) is 5. The number of ether oxygens (including phenoxy) is 2. The first-order chi connectivity index (χ1) is 8.83. The van der Waals surface area contributed by atoms with Crippen molar-refractivity contribution in [1.82, 2.24) is 5.32 Å². The van der Waals surface area contributed by atoms with Crippen LogP contribution in [0.15, 0.2) is 0 Å². The van der Waals surface area contributed by atoms with Crippen molar-refractivity contribution in [3.8, 4) is 0 Å². The van der Waals surface area contributed by atoms with E-state index < -0.39 is 17.5 Å². The van der Waals surface area contributed by atoms with Crippen molar-refractivity contribution in [1.29, 1.82) is 0 Å². The second-order valence-corrected chi connectivity index (χ2v) is 7.19. The summed E-state index contributed by atoms with van der Waals surface area (Å²) in [6, 6.07) is 0. The van der Waals surface area contributed by atoms with Gasteiger partial charge in [-0.1, -0.05) is 22.6 Å². The summed E-state index contributed by atoms with van der Waals surface area (Å²) in [6.45, 7) is 7.15. The van der Waals surface area contributed by atoms with Gasteiger partial charge in [0, 0.05) is 5.92 Å². The van der Waals surface area contributed by atoms with Crippen LogP contribution >= 0.6 is 22.6 Å². The molecule has 1 atom stereocenters. The zero-order chi connectivity index (χ0) is 14.5. The lowest BCUT2D eigenvalue weighted by Gasteiger charge is -2.36. The average molecular weight is 383 g/mol. The molecule has 5 nitrogen and oxygen atoms in total. The third-order valence-corrected chi connectivity index (χ3v) is 3.86. The number of esters is 2. The summed E-state index contributed by atoms with van der Waals surface area (Å²) in [5, 5.41) is 3.28. The third kappa shape index (κ3) is 5.64. The van der Waals surface area contributed by atoms with Gasteiger partial charge in [0.25, 0.3) is 0 Å². The van der Waals surface area contributed by atoms with Gasteiger partial charge in [0.15, 0.2) is 6.61 Å². The van der Waals surface area contributed by atoms with Gasteiger partial charge in [-0.25, -0.2) is 4.79 Å². The van der Waals surface area contributed by atoms with E-state index in [9.17, 15) is 9.59 Å². The Hall–Kier alpha value is -0.370. The zero-order valence-corrected chi connectivity index (χ0v) is 13.9. The fraction of sp³-hybridized carbons (Fsp3) is 0.846. The van der Waals surface area contributed by atoms with Crippen LogP contribution in [0.25, 0.3) is 0 Å². The zero-order valence-electron chi connectivity index (χ0n) is 11.7. The van der Waals surface area contributed by atoms with Crippen LogP contribution in [-0.4, -0.2) is 41.2 Å². The minimum atomic E-state index is -0.512. The molecule has 0 aliphatic carbocycles. The first-order valence-electron chi connectivity index (χ1n) is 6.56. The van der Waals surface area contributed by atoms with E-state index in [0.717, 1.165) is 25.9 Å². The molecule has 1 rings (SSSR count). The molecule has 19 heavy (non-hydrogen) atoms. The molecule has 1 saturated heterocycles. The Morgan fingerprint density at radius 3 is 2.47 bits per heavy atom. The highest BCUT2D eigenvalue weighted by molar-refractivity contribution is 14.1. The van der Waals surface area contributed by atoms with E-state index in [0.29, 0.717) is 5.92 Å². The molecule has 1 N–H and O–H groups in total. The minimum Gasteiger partial charge on any atom is -0.457 e. The molecule has 0 radical (unpaired) electrons. The van der Waals surface area contributed by atoms with Crippen molar-refractivity contribution in [3.63, 3.8) is 0 Å². The van der Waals surface area contributed by atoms with E-state index in [-0.39, 0.29) is 10.5 Å². The number of hydrogen-bond donors (Lipinski definition) is 1. The number of nitrogens with one attached hydrogen (secondary N) is 1. The predicted octanol–water partition coefficient (Wildman–Crippen LogP) is 1.67. The van der Waals surface area contributed by atoms with Gasteiger partial charge in [-0.15, -0.1) is 0 Å². The molecule has 0 aromatic carbocycles. The number of carbonyl (C=O) groups is 2. The molecule has 1 heterocycles. The van der Waals surface area contributed by atoms with Crippen LogP contribution in [0.5, 0.6) is 0 Å². The first kappa shape index (κ1) is 16.7. The number of rotatable bonds is 5. The molecular weight excluding hydrogens is 361 g/mol. The summed E-state index contributed by atoms with van der Waals surface area (Å²) >= 11 is 1.95. The fourth-order valence-electron chi connectivity index (χ4n) is 2.17. The van der Waals surface area contributed by atoms with Crippen LogP contribution in [-0.2, 0) is 19.1 Å². The summed E-state index contributed by atoms with van der Waals surface area (Å²) in [5.74, 6) is -0.525. The summed E-state index contributed by atoms with van der Waals surface area (Å²) in [6.07, 6.45) is 1.98. The number of alkyl halides is 1. The molecular formula is C13H22INO4. The van der Waals surface area contributed by atoms with Gasteiger partial charge >= 0.3 is 11.9 Å². The number of piperidine rings is 1. The van der Waals surface area contributed by atoms with Crippen molar-refractivity contribution in [2.45, 2.75) is 43.1 Å². The smallest absolute Gasteiger partial charge is 0.344 e. The molecule has 1 unspecified atom stereocenters. The number of halogens is 1. The van der Waals surface area contributed by atoms with Crippen LogP contribution in [0.4, 0.5) is 0 Å². The highest BCUT2D eigenvalue weighted by Crippen LogP contribution is 2.28. The van der Waals surface area contributed by atoms with Crippen molar-refractivity contribution < 1.29 is 19.1 Å². The Kier molecular flexibility index (Phi) is 6.52. The average Bonchev–Trinajstić information content (AvgIpc) is 2.36. The van der Waals surface area contributed by atoms with Crippen LogP contribution in [0.2, 0.25) is 0 Å². The Morgan fingerprint density at radius 1 is 1.37 bits per heavy atom. The largest absolute Gasteiger partial charge is 0.457 e. The van der Waals surface area contributed by atoms with Crippen molar-refractivity contribution in [2.75, 3.05) is 19.7 Å². The van der Waals surface area contributed by atoms with Gasteiger partial charge in [0.2, 0.25) is 0 Å². The molecule has 0 amide bonds. The fourth-order valence-corrected chi connectivity index (χ4v) is 2.35. The molecule has 1 fully saturated rings. The summed E-state index contributed by atoms with van der Waals surface area (Å²) in [5.41, 5.74) is -0.512. The van der Waals surface area contributed by atoms with Gasteiger partial charge in [0.1, 0.15) is 9.53 Å². The van der Waals surface area contributed by atoms with Crippen molar-refractivity contribution in [2.24, 2.45) is 5.92 Å². The summed E-state index contributed by atoms with van der Waals surface area (Å²) < 4.78 is 10.1. The Morgan fingerprint density at radius 2 is 1.95 bits per heavy atom. The van der Waals surface area contributed by atoms with E-state index in [1.165, 1.54) is 0 Å². The molecule has 0 bridgehead atoms. The summed E-state index contributed by atoms with van der Waals surface area (Å²) in [7, 11) is 0. The van der Waals surface area contributed by atoms with E-state index in [2.05, 4.69) is 5.32 Å². The lowest BCUT2D eigenvalue weighted by atomic mass is 9.83. The molecule has 1 aliphatic heterocycles. The molecule has 6 heteroatoms. The maximum absolute atomic E-state index is 11.7. The maximum atomic E-state index is 11.7. The number of carbonyl (C=O) groups excluding carboxylic acids is 2. The van der Waals surface area contributed by atoms with Gasteiger partial charge < -0.3 is 14.8 Å². The molecule has 0 aromatic rings. The van der Waals surface area contributed by atoms with E-state index in [1.54, 1.807) is 6.92 Å². The van der Waals surface area contributed by atoms with Gasteiger partial charge in [-0.05, 0) is 46.7 Å². The van der Waals surface area contributed by atoms with E-state index >= 15 is 0 Å². The predicted molar refractivity (Wildman–Crippen MR) is 80.2 cm³/mol. The lowest BCUT2D eigenvalue weighted by Crippen LogP contribution is -2.43. The molecule has 0 saturated carbocycles. The van der Waals surface area contributed by atoms with E-state index in [4.69, 9.17) is 9.47 Å². The normalized spacial score (nSPS) is 18.7. The molecule has 0 spiro atoms. The van der Waals surface area contributed by atoms with Crippen LogP contribution in [0, 0.1) is 5.92 Å². The second kappa shape index (κ2) is 7.42. The van der Waals surface area contributed by atoms with E-state index in [1.807, 2.05) is 36.4 Å². The SMILES string of the molecule is CC(I)C(=O)OCC(=O)OC(C)(C)C1CCNCC1. The Bertz CT molecular complexity index is 325. The van der Waals surface area contributed by atoms with Gasteiger partial charge in [0.05, 0.1) is 0 Å². The van der Waals surface area contributed by atoms with Crippen LogP contribution in [0.1, 0.15) is 33.6 Å². The Labute approximate surface area is 127 Å². The van der Waals surface area contributed by atoms with Crippen molar-refractivity contribution >= 4 is 34.5 Å². The second-order valence-electron chi connectivity index (χ2n) is 5.33. The van der Waals surface area contributed by atoms with Crippen LogP contribution < -0.4 is 5.32 Å². The minimum absolute atomic E-state index is 0.261. The lowest BCUT2D eigenvalue weighted by molar-refractivity contribution is -0.172. The standard InChI is InChI=1S/C13H22INO4/c1-9(14)12(17)18-8-11(16)19-13(2,3)10-4-6-15-7-5-10/h9-10,15H,4-8H2,1-3H3. The summed E-state index contributed by atoms with van der Waals surface area (Å²) in [4.78, 5) is 23.0. The monoisotopic (exact) mass is 383 g/mol. The Balaban J connectivity index is 2.39. The van der Waals surface area contributed by atoms with Crippen molar-refractivity contribution in [3.05, 3.63) is 0 Å². The van der Waals surface area contributed by atoms with Gasteiger partial charge in [-0.3, -0.25) is 4.79 Å².